The Hall–Kier alpha value is -2.26. The summed E-state index contributed by atoms with van der Waals surface area (Å²) in [6.45, 7) is 1.94. The summed E-state index contributed by atoms with van der Waals surface area (Å²) in [6.07, 6.45) is 2.05. The second kappa shape index (κ2) is 6.23. The van der Waals surface area contributed by atoms with E-state index >= 15 is 0 Å². The van der Waals surface area contributed by atoms with Crippen LogP contribution < -0.4 is 0 Å². The van der Waals surface area contributed by atoms with Crippen molar-refractivity contribution in [2.24, 2.45) is 11.3 Å². The second-order valence-electron chi connectivity index (χ2n) is 6.55. The third-order valence-corrected chi connectivity index (χ3v) is 5.94. The largest absolute Gasteiger partial charge is 0.481 e. The van der Waals surface area contributed by atoms with Crippen molar-refractivity contribution in [1.29, 1.82) is 0 Å². The first-order valence-corrected chi connectivity index (χ1v) is 8.99. The molecular weight excluding hydrogens is 344 g/mol. The maximum Gasteiger partial charge on any atom is 0.311 e. The smallest absolute Gasteiger partial charge is 0.311 e. The molecule has 0 bridgehead atoms. The summed E-state index contributed by atoms with van der Waals surface area (Å²) in [7, 11) is 0. The Labute approximate surface area is 148 Å². The molecule has 132 valence electrons. The Morgan fingerprint density at radius 2 is 2.36 bits per heavy atom. The molecule has 0 aliphatic carbocycles. The number of carbonyl (C=O) groups excluding carboxylic acids is 1. The van der Waals surface area contributed by atoms with Crippen molar-refractivity contribution in [1.82, 2.24) is 19.9 Å². The van der Waals surface area contributed by atoms with Crippen LogP contribution in [0.2, 0.25) is 0 Å². The van der Waals surface area contributed by atoms with E-state index in [0.717, 1.165) is 4.88 Å². The summed E-state index contributed by atoms with van der Waals surface area (Å²) < 4.78 is 7.05. The highest BCUT2D eigenvalue weighted by Gasteiger charge is 2.55. The molecule has 2 aliphatic heterocycles. The van der Waals surface area contributed by atoms with Crippen molar-refractivity contribution in [3.8, 4) is 0 Å². The van der Waals surface area contributed by atoms with E-state index in [9.17, 15) is 14.7 Å². The van der Waals surface area contributed by atoms with Gasteiger partial charge in [0, 0.05) is 30.5 Å². The van der Waals surface area contributed by atoms with Gasteiger partial charge in [-0.1, -0.05) is 11.3 Å². The normalized spacial score (nSPS) is 25.8. The van der Waals surface area contributed by atoms with Crippen LogP contribution in [0.4, 0.5) is 0 Å². The number of fused-ring (bicyclic) bond motifs is 1. The number of hydrogen-bond donors (Lipinski definition) is 1. The van der Waals surface area contributed by atoms with Gasteiger partial charge in [-0.05, 0) is 17.9 Å². The van der Waals surface area contributed by atoms with Crippen molar-refractivity contribution < 1.29 is 19.4 Å². The zero-order valence-electron chi connectivity index (χ0n) is 13.5. The van der Waals surface area contributed by atoms with Crippen LogP contribution in [-0.2, 0) is 16.1 Å². The molecule has 4 heterocycles. The van der Waals surface area contributed by atoms with Crippen molar-refractivity contribution in [3.05, 3.63) is 34.3 Å². The minimum atomic E-state index is -0.902. The molecule has 2 saturated heterocycles. The first kappa shape index (κ1) is 16.2. The van der Waals surface area contributed by atoms with Gasteiger partial charge in [0.15, 0.2) is 5.69 Å². The Morgan fingerprint density at radius 3 is 3.08 bits per heavy atom. The van der Waals surface area contributed by atoms with Crippen LogP contribution in [0.3, 0.4) is 0 Å². The quantitative estimate of drug-likeness (QED) is 0.870. The zero-order valence-corrected chi connectivity index (χ0v) is 14.3. The fourth-order valence-electron chi connectivity index (χ4n) is 3.65. The third kappa shape index (κ3) is 2.83. The molecule has 9 heteroatoms. The van der Waals surface area contributed by atoms with Crippen LogP contribution in [0.1, 0.15) is 21.8 Å². The van der Waals surface area contributed by atoms with Gasteiger partial charge in [0.05, 0.1) is 24.8 Å². The summed E-state index contributed by atoms with van der Waals surface area (Å²) in [4.78, 5) is 27.3. The van der Waals surface area contributed by atoms with Crippen LogP contribution >= 0.6 is 11.3 Å². The average molecular weight is 362 g/mol. The van der Waals surface area contributed by atoms with E-state index in [1.54, 1.807) is 27.1 Å². The number of carboxylic acid groups (broad SMARTS) is 1. The molecule has 1 amide bonds. The number of hydrogen-bond acceptors (Lipinski definition) is 6. The molecule has 25 heavy (non-hydrogen) atoms. The van der Waals surface area contributed by atoms with Crippen LogP contribution in [-0.4, -0.2) is 63.2 Å². The van der Waals surface area contributed by atoms with E-state index in [0.29, 0.717) is 32.7 Å². The van der Waals surface area contributed by atoms with E-state index in [4.69, 9.17) is 4.74 Å². The standard InChI is InChI=1S/C16H18N4O4S/c21-14(13-8-20(18-17-13)7-12-2-1-5-25-12)19-6-11-9-24-4-3-16(11,10-19)15(22)23/h1-2,5,8,11H,3-4,6-7,9-10H2,(H,22,23)/t11-,16+/m0/s1. The van der Waals surface area contributed by atoms with Gasteiger partial charge in [-0.15, -0.1) is 16.4 Å². The molecule has 0 spiro atoms. The SMILES string of the molecule is O=C(c1cn(Cc2cccs2)nn1)N1C[C@H]2COCC[C@@]2(C(=O)O)C1. The predicted molar refractivity (Wildman–Crippen MR) is 88.3 cm³/mol. The maximum absolute atomic E-state index is 12.7. The Balaban J connectivity index is 1.50. The van der Waals surface area contributed by atoms with E-state index in [1.165, 1.54) is 0 Å². The Kier molecular flexibility index (Phi) is 4.04. The number of aliphatic carboxylic acids is 1. The molecule has 2 aliphatic rings. The lowest BCUT2D eigenvalue weighted by molar-refractivity contribution is -0.157. The van der Waals surface area contributed by atoms with Gasteiger partial charge in [0.2, 0.25) is 0 Å². The molecule has 0 unspecified atom stereocenters. The van der Waals surface area contributed by atoms with Crippen molar-refractivity contribution in [2.45, 2.75) is 13.0 Å². The van der Waals surface area contributed by atoms with Gasteiger partial charge < -0.3 is 14.7 Å². The number of thiophene rings is 1. The third-order valence-electron chi connectivity index (χ3n) is 5.08. The molecular formula is C16H18N4O4S. The van der Waals surface area contributed by atoms with Crippen molar-refractivity contribution >= 4 is 23.2 Å². The minimum Gasteiger partial charge on any atom is -0.481 e. The number of carboxylic acids is 1. The summed E-state index contributed by atoms with van der Waals surface area (Å²) >= 11 is 1.61. The summed E-state index contributed by atoms with van der Waals surface area (Å²) in [5.74, 6) is -1.30. The molecule has 0 radical (unpaired) electrons. The molecule has 2 fully saturated rings. The molecule has 2 aromatic heterocycles. The van der Waals surface area contributed by atoms with E-state index < -0.39 is 11.4 Å². The summed E-state index contributed by atoms with van der Waals surface area (Å²) in [5.41, 5.74) is -0.655. The highest BCUT2D eigenvalue weighted by atomic mass is 32.1. The van der Waals surface area contributed by atoms with Crippen molar-refractivity contribution in [3.63, 3.8) is 0 Å². The topological polar surface area (TPSA) is 97.5 Å². The number of likely N-dealkylation sites (tertiary alicyclic amines) is 1. The van der Waals surface area contributed by atoms with E-state index in [1.807, 2.05) is 17.5 Å². The average Bonchev–Trinajstić information content (AvgIpc) is 3.34. The maximum atomic E-state index is 12.7. The van der Waals surface area contributed by atoms with Gasteiger partial charge in [-0.25, -0.2) is 4.68 Å². The minimum absolute atomic E-state index is 0.177. The van der Waals surface area contributed by atoms with E-state index in [2.05, 4.69) is 10.3 Å². The Morgan fingerprint density at radius 1 is 1.48 bits per heavy atom. The fourth-order valence-corrected chi connectivity index (χ4v) is 4.35. The highest BCUT2D eigenvalue weighted by molar-refractivity contribution is 7.09. The lowest BCUT2D eigenvalue weighted by Crippen LogP contribution is -2.45. The number of ether oxygens (including phenoxy) is 1. The molecule has 1 N–H and O–H groups in total. The highest BCUT2D eigenvalue weighted by Crippen LogP contribution is 2.42. The lowest BCUT2D eigenvalue weighted by atomic mass is 9.74. The summed E-state index contributed by atoms with van der Waals surface area (Å²) in [5, 5.41) is 19.7. The first-order chi connectivity index (χ1) is 12.1. The monoisotopic (exact) mass is 362 g/mol. The predicted octanol–water partition coefficient (Wildman–Crippen LogP) is 0.951. The van der Waals surface area contributed by atoms with Crippen LogP contribution in [0.15, 0.2) is 23.7 Å². The number of nitrogens with zero attached hydrogens (tertiary/aromatic N) is 4. The molecule has 0 saturated carbocycles. The number of amides is 1. The van der Waals surface area contributed by atoms with Crippen LogP contribution in [0, 0.1) is 11.3 Å². The van der Waals surface area contributed by atoms with Gasteiger partial charge in [0.1, 0.15) is 0 Å². The van der Waals surface area contributed by atoms with Gasteiger partial charge in [0.25, 0.3) is 5.91 Å². The Bertz CT molecular complexity index is 790. The zero-order chi connectivity index (χ0) is 17.4. The molecule has 0 aromatic carbocycles. The van der Waals surface area contributed by atoms with Gasteiger partial charge >= 0.3 is 5.97 Å². The molecule has 2 atom stereocenters. The molecule has 2 aromatic rings. The molecule has 8 nitrogen and oxygen atoms in total. The summed E-state index contributed by atoms with van der Waals surface area (Å²) in [6, 6.07) is 3.96. The first-order valence-electron chi connectivity index (χ1n) is 8.11. The van der Waals surface area contributed by atoms with E-state index in [-0.39, 0.29) is 24.1 Å². The van der Waals surface area contributed by atoms with Gasteiger partial charge in [-0.3, -0.25) is 9.59 Å². The van der Waals surface area contributed by atoms with Crippen molar-refractivity contribution in [2.75, 3.05) is 26.3 Å². The number of carbonyl (C=O) groups is 2. The van der Waals surface area contributed by atoms with Crippen LogP contribution in [0.25, 0.3) is 0 Å². The number of aromatic nitrogens is 3. The van der Waals surface area contributed by atoms with Crippen LogP contribution in [0.5, 0.6) is 0 Å². The fraction of sp³-hybridized carbons (Fsp3) is 0.500. The molecule has 4 rings (SSSR count). The lowest BCUT2D eigenvalue weighted by Gasteiger charge is -2.33. The van der Waals surface area contributed by atoms with Gasteiger partial charge in [-0.2, -0.15) is 0 Å². The second-order valence-corrected chi connectivity index (χ2v) is 7.58. The number of rotatable bonds is 4.